The molecule has 1 heterocycles. The molecule has 0 fully saturated rings. The normalized spacial score (nSPS) is 16.3. The molecule has 0 amide bonds. The van der Waals surface area contributed by atoms with Gasteiger partial charge in [-0.2, -0.15) is 13.2 Å². The summed E-state index contributed by atoms with van der Waals surface area (Å²) in [5.41, 5.74) is 0.793. The van der Waals surface area contributed by atoms with Crippen molar-refractivity contribution in [3.05, 3.63) is 48.0 Å². The summed E-state index contributed by atoms with van der Waals surface area (Å²) >= 11 is 0. The summed E-state index contributed by atoms with van der Waals surface area (Å²) in [6, 6.07) is 9.42. The number of sulfonamides is 1. The van der Waals surface area contributed by atoms with Gasteiger partial charge in [-0.15, -0.1) is 0 Å². The van der Waals surface area contributed by atoms with Gasteiger partial charge in [0.25, 0.3) is 10.0 Å². The van der Waals surface area contributed by atoms with E-state index >= 15 is 0 Å². The predicted molar refractivity (Wildman–Crippen MR) is 74.9 cm³/mol. The van der Waals surface area contributed by atoms with Crippen LogP contribution in [0.1, 0.15) is 5.56 Å². The second-order valence-electron chi connectivity index (χ2n) is 4.77. The van der Waals surface area contributed by atoms with Crippen molar-refractivity contribution in [2.24, 2.45) is 0 Å². The largest absolute Gasteiger partial charge is 0.474 e. The van der Waals surface area contributed by atoms with Gasteiger partial charge in [-0.25, -0.2) is 8.42 Å². The van der Waals surface area contributed by atoms with Gasteiger partial charge in [-0.1, -0.05) is 18.2 Å². The Kier molecular flexibility index (Phi) is 3.28. The maximum absolute atomic E-state index is 12.5. The molecule has 8 heteroatoms. The molecule has 1 aliphatic heterocycles. The van der Waals surface area contributed by atoms with Gasteiger partial charge in [0.15, 0.2) is 0 Å². The van der Waals surface area contributed by atoms with Crippen molar-refractivity contribution in [1.29, 1.82) is 0 Å². The molecule has 116 valence electrons. The predicted octanol–water partition coefficient (Wildman–Crippen LogP) is 3.46. The summed E-state index contributed by atoms with van der Waals surface area (Å²) in [5.74, 6) is -0.150. The smallest absolute Gasteiger partial charge is 0.416 e. The van der Waals surface area contributed by atoms with E-state index in [-0.39, 0.29) is 0 Å². The summed E-state index contributed by atoms with van der Waals surface area (Å²) < 4.78 is 67.8. The molecule has 0 saturated carbocycles. The Bertz CT molecular complexity index is 814. The van der Waals surface area contributed by atoms with E-state index in [0.29, 0.717) is 22.6 Å². The van der Waals surface area contributed by atoms with Gasteiger partial charge in [0.05, 0.1) is 11.3 Å². The molecule has 22 heavy (non-hydrogen) atoms. The number of fused-ring (bicyclic) bond motifs is 1. The number of benzene rings is 2. The van der Waals surface area contributed by atoms with E-state index < -0.39 is 27.7 Å². The highest BCUT2D eigenvalue weighted by atomic mass is 32.2. The molecule has 0 atom stereocenters. The highest BCUT2D eigenvalue weighted by Gasteiger charge is 2.30. The number of halogens is 3. The minimum atomic E-state index is -4.38. The Labute approximate surface area is 124 Å². The van der Waals surface area contributed by atoms with Gasteiger partial charge >= 0.3 is 6.18 Å². The molecule has 1 aliphatic rings. The van der Waals surface area contributed by atoms with Crippen LogP contribution in [0.5, 0.6) is 5.75 Å². The average molecular weight is 329 g/mol. The highest BCUT2D eigenvalue weighted by molar-refractivity contribution is 7.92. The van der Waals surface area contributed by atoms with Crippen molar-refractivity contribution >= 4 is 15.7 Å². The Balaban J connectivity index is 1.94. The summed E-state index contributed by atoms with van der Waals surface area (Å²) in [4.78, 5) is 0. The van der Waals surface area contributed by atoms with Crippen LogP contribution in [-0.4, -0.2) is 14.4 Å². The van der Waals surface area contributed by atoms with E-state index in [1.165, 1.54) is 18.2 Å². The van der Waals surface area contributed by atoms with Crippen LogP contribution in [0.15, 0.2) is 42.5 Å². The van der Waals surface area contributed by atoms with E-state index in [4.69, 9.17) is 4.74 Å². The minimum absolute atomic E-state index is 0.307. The molecule has 0 radical (unpaired) electrons. The monoisotopic (exact) mass is 329 g/mol. The third-order valence-corrected chi connectivity index (χ3v) is 4.12. The lowest BCUT2D eigenvalue weighted by Gasteiger charge is -2.20. The van der Waals surface area contributed by atoms with Crippen LogP contribution in [0, 0.1) is 0 Å². The topological polar surface area (TPSA) is 55.4 Å². The number of hydrogen-bond donors (Lipinski definition) is 1. The van der Waals surface area contributed by atoms with Gasteiger partial charge in [0.1, 0.15) is 5.75 Å². The summed E-state index contributed by atoms with van der Waals surface area (Å²) in [5, 5.41) is 0. The third kappa shape index (κ3) is 2.87. The second-order valence-corrected chi connectivity index (χ2v) is 6.43. The van der Waals surface area contributed by atoms with Gasteiger partial charge in [0.2, 0.25) is 5.94 Å². The maximum atomic E-state index is 12.5. The maximum Gasteiger partial charge on any atom is 0.416 e. The number of alkyl halides is 3. The molecule has 2 aromatic carbocycles. The van der Waals surface area contributed by atoms with Crippen molar-refractivity contribution in [3.8, 4) is 16.9 Å². The molecule has 1 N–H and O–H groups in total. The van der Waals surface area contributed by atoms with E-state index in [2.05, 4.69) is 4.72 Å². The number of anilines is 1. The van der Waals surface area contributed by atoms with E-state index in [0.717, 1.165) is 12.1 Å². The molecular formula is C14H10F3NO3S. The summed E-state index contributed by atoms with van der Waals surface area (Å²) in [6.07, 6.45) is -4.38. The first-order valence-corrected chi connectivity index (χ1v) is 7.85. The number of ether oxygens (including phenoxy) is 1. The third-order valence-electron chi connectivity index (χ3n) is 3.16. The molecule has 0 aromatic heterocycles. The van der Waals surface area contributed by atoms with Crippen LogP contribution in [0.3, 0.4) is 0 Å². The van der Waals surface area contributed by atoms with Gasteiger partial charge in [-0.3, -0.25) is 4.72 Å². The van der Waals surface area contributed by atoms with Crippen molar-refractivity contribution in [2.75, 3.05) is 10.7 Å². The van der Waals surface area contributed by atoms with Gasteiger partial charge < -0.3 is 4.74 Å². The van der Waals surface area contributed by atoms with Crippen LogP contribution in [0.2, 0.25) is 0 Å². The first kappa shape index (κ1) is 14.7. The van der Waals surface area contributed by atoms with Crippen molar-refractivity contribution in [3.63, 3.8) is 0 Å². The number of rotatable bonds is 1. The fourth-order valence-corrected chi connectivity index (χ4v) is 2.94. The van der Waals surface area contributed by atoms with E-state index in [1.54, 1.807) is 12.1 Å². The zero-order chi connectivity index (χ0) is 16.0. The van der Waals surface area contributed by atoms with E-state index in [9.17, 15) is 21.6 Å². The lowest BCUT2D eigenvalue weighted by molar-refractivity contribution is -0.137. The Morgan fingerprint density at radius 1 is 1.00 bits per heavy atom. The zero-order valence-electron chi connectivity index (χ0n) is 11.0. The first-order valence-electron chi connectivity index (χ1n) is 6.20. The Hall–Kier alpha value is -2.22. The van der Waals surface area contributed by atoms with Crippen molar-refractivity contribution < 1.29 is 26.3 Å². The minimum Gasteiger partial charge on any atom is -0.474 e. The lowest BCUT2D eigenvalue weighted by Crippen LogP contribution is -2.25. The van der Waals surface area contributed by atoms with Gasteiger partial charge in [0, 0.05) is 0 Å². The highest BCUT2D eigenvalue weighted by Crippen LogP contribution is 2.35. The lowest BCUT2D eigenvalue weighted by atomic mass is 10.0. The van der Waals surface area contributed by atoms with Crippen LogP contribution in [0.4, 0.5) is 18.9 Å². The standard InChI is InChI=1S/C14H10F3NO3S/c15-14(16,17)11-4-1-9(2-5-11)10-3-6-12-13(7-10)21-8-22(19,20)18-12/h1-7,18H,8H2. The molecule has 0 unspecified atom stereocenters. The summed E-state index contributed by atoms with van der Waals surface area (Å²) in [6.45, 7) is 0. The quantitative estimate of drug-likeness (QED) is 0.872. The SMILES string of the molecule is O=S1(=O)COc2cc(-c3ccc(C(F)(F)F)cc3)ccc2N1. The molecule has 4 nitrogen and oxygen atoms in total. The molecule has 0 bridgehead atoms. The fraction of sp³-hybridized carbons (Fsp3) is 0.143. The van der Waals surface area contributed by atoms with Gasteiger partial charge in [-0.05, 0) is 35.4 Å². The van der Waals surface area contributed by atoms with Crippen LogP contribution in [0.25, 0.3) is 11.1 Å². The molecule has 0 saturated heterocycles. The second kappa shape index (κ2) is 4.91. The van der Waals surface area contributed by atoms with Crippen LogP contribution < -0.4 is 9.46 Å². The van der Waals surface area contributed by atoms with Crippen molar-refractivity contribution in [2.45, 2.75) is 6.18 Å². The zero-order valence-corrected chi connectivity index (χ0v) is 11.8. The molecule has 3 rings (SSSR count). The Morgan fingerprint density at radius 2 is 1.64 bits per heavy atom. The average Bonchev–Trinajstić information content (AvgIpc) is 2.45. The fourth-order valence-electron chi connectivity index (χ4n) is 2.10. The number of hydrogen-bond acceptors (Lipinski definition) is 3. The van der Waals surface area contributed by atoms with E-state index in [1.807, 2.05) is 0 Å². The molecule has 2 aromatic rings. The number of nitrogens with one attached hydrogen (secondary N) is 1. The van der Waals surface area contributed by atoms with Crippen LogP contribution in [-0.2, 0) is 16.2 Å². The molecule has 0 spiro atoms. The van der Waals surface area contributed by atoms with Crippen LogP contribution >= 0.6 is 0 Å². The summed E-state index contributed by atoms with van der Waals surface area (Å²) in [7, 11) is -3.49. The van der Waals surface area contributed by atoms with Crippen molar-refractivity contribution in [1.82, 2.24) is 0 Å². The Morgan fingerprint density at radius 3 is 2.27 bits per heavy atom. The molecule has 0 aliphatic carbocycles. The molecular weight excluding hydrogens is 319 g/mol. The first-order chi connectivity index (χ1) is 10.2.